The van der Waals surface area contributed by atoms with Crippen LogP contribution in [-0.4, -0.2) is 31.6 Å². The minimum Gasteiger partial charge on any atom is -0.371 e. The second-order valence-electron chi connectivity index (χ2n) is 3.53. The number of rotatable bonds is 6. The van der Waals surface area contributed by atoms with Crippen LogP contribution in [0.25, 0.3) is 0 Å². The number of methoxy groups -OCH3 is 1. The summed E-state index contributed by atoms with van der Waals surface area (Å²) in [5.74, 6) is -0.454. The Hall–Kier alpha value is -1.10. The number of carbonyl (C=O) groups excluding carboxylic acids is 2. The molecule has 3 N–H and O–H groups in total. The van der Waals surface area contributed by atoms with Gasteiger partial charge in [0.05, 0.1) is 6.42 Å². The first-order valence-corrected chi connectivity index (χ1v) is 4.56. The zero-order valence-electron chi connectivity index (χ0n) is 8.87. The normalized spacial score (nSPS) is 12.6. The molecule has 0 aliphatic rings. The maximum atomic E-state index is 11.2. The van der Waals surface area contributed by atoms with Crippen LogP contribution in [0.1, 0.15) is 20.3 Å². The Labute approximate surface area is 84.0 Å². The summed E-state index contributed by atoms with van der Waals surface area (Å²) in [4.78, 5) is 21.9. The lowest BCUT2D eigenvalue weighted by molar-refractivity contribution is -0.134. The quantitative estimate of drug-likeness (QED) is 0.617. The zero-order chi connectivity index (χ0) is 11.1. The number of amides is 2. The molecule has 1 atom stereocenters. The molecule has 82 valence electrons. The number of nitrogens with two attached hydrogens (primary N) is 1. The molecule has 0 unspecified atom stereocenters. The van der Waals surface area contributed by atoms with Crippen LogP contribution in [0.5, 0.6) is 0 Å². The molecule has 14 heavy (non-hydrogen) atoms. The van der Waals surface area contributed by atoms with E-state index in [4.69, 9.17) is 10.5 Å². The molecule has 0 radical (unpaired) electrons. The van der Waals surface area contributed by atoms with Gasteiger partial charge in [-0.2, -0.15) is 0 Å². The fourth-order valence-corrected chi connectivity index (χ4v) is 0.859. The Kier molecular flexibility index (Phi) is 5.87. The van der Waals surface area contributed by atoms with Crippen LogP contribution in [0.2, 0.25) is 0 Å². The minimum atomic E-state index is -0.831. The molecule has 0 heterocycles. The molecule has 0 aliphatic heterocycles. The van der Waals surface area contributed by atoms with Crippen LogP contribution in [0.4, 0.5) is 0 Å². The van der Waals surface area contributed by atoms with Gasteiger partial charge in [-0.15, -0.1) is 0 Å². The predicted octanol–water partition coefficient (Wildman–Crippen LogP) is -0.351. The predicted molar refractivity (Wildman–Crippen MR) is 52.5 cm³/mol. The Morgan fingerprint density at radius 2 is 2.00 bits per heavy atom. The van der Waals surface area contributed by atoms with E-state index in [0.717, 1.165) is 0 Å². The van der Waals surface area contributed by atoms with Gasteiger partial charge in [0.2, 0.25) is 11.8 Å². The highest BCUT2D eigenvalue weighted by Crippen LogP contribution is 1.96. The summed E-state index contributed by atoms with van der Waals surface area (Å²) in [7, 11) is 1.35. The van der Waals surface area contributed by atoms with E-state index in [1.54, 1.807) is 0 Å². The van der Waals surface area contributed by atoms with Crippen LogP contribution in [0, 0.1) is 5.92 Å². The number of hydrogen-bond donors (Lipinski definition) is 2. The van der Waals surface area contributed by atoms with Crippen LogP contribution >= 0.6 is 0 Å². The molecule has 0 aromatic carbocycles. The van der Waals surface area contributed by atoms with Gasteiger partial charge in [-0.1, -0.05) is 13.8 Å². The Balaban J connectivity index is 3.85. The van der Waals surface area contributed by atoms with Crippen molar-refractivity contribution in [3.8, 4) is 0 Å². The van der Waals surface area contributed by atoms with E-state index >= 15 is 0 Å². The summed E-state index contributed by atoms with van der Waals surface area (Å²) >= 11 is 0. The Bertz CT molecular complexity index is 204. The highest BCUT2D eigenvalue weighted by molar-refractivity contribution is 5.86. The van der Waals surface area contributed by atoms with Gasteiger partial charge in [0, 0.05) is 13.7 Å². The first-order chi connectivity index (χ1) is 6.47. The van der Waals surface area contributed by atoms with Crippen molar-refractivity contribution in [2.75, 3.05) is 13.7 Å². The molecule has 0 aliphatic carbocycles. The molecular formula is C9H18N2O3. The summed E-state index contributed by atoms with van der Waals surface area (Å²) in [6.07, 6.45) is -0.847. The average molecular weight is 202 g/mol. The van der Waals surface area contributed by atoms with E-state index in [9.17, 15) is 9.59 Å². The Morgan fingerprint density at radius 3 is 2.36 bits per heavy atom. The van der Waals surface area contributed by atoms with Crippen molar-refractivity contribution in [3.63, 3.8) is 0 Å². The molecule has 0 spiro atoms. The van der Waals surface area contributed by atoms with Crippen molar-refractivity contribution in [1.29, 1.82) is 0 Å². The molecule has 0 saturated heterocycles. The molecule has 0 aromatic rings. The smallest absolute Gasteiger partial charge is 0.247 e. The average Bonchev–Trinajstić information content (AvgIpc) is 2.10. The molecule has 0 bridgehead atoms. The second-order valence-corrected chi connectivity index (χ2v) is 3.53. The van der Waals surface area contributed by atoms with Crippen LogP contribution in [0.3, 0.4) is 0 Å². The molecule has 2 amide bonds. The van der Waals surface area contributed by atoms with E-state index in [-0.39, 0.29) is 12.3 Å². The van der Waals surface area contributed by atoms with Gasteiger partial charge in [-0.05, 0) is 5.92 Å². The minimum absolute atomic E-state index is 0.0153. The first-order valence-electron chi connectivity index (χ1n) is 4.56. The van der Waals surface area contributed by atoms with Gasteiger partial charge in [0.15, 0.2) is 0 Å². The van der Waals surface area contributed by atoms with Gasteiger partial charge in [-0.3, -0.25) is 9.59 Å². The second kappa shape index (κ2) is 6.37. The standard InChI is InChI=1S/C9H18N2O3/c1-6(2)5-11-8(12)4-7(14-3)9(10)13/h6-7H,4-5H2,1-3H3,(H2,10,13)(H,11,12)/t7-/m0/s1. The highest BCUT2D eigenvalue weighted by Gasteiger charge is 2.18. The third-order valence-electron chi connectivity index (χ3n) is 1.68. The maximum Gasteiger partial charge on any atom is 0.247 e. The van der Waals surface area contributed by atoms with Gasteiger partial charge in [-0.25, -0.2) is 0 Å². The fraction of sp³-hybridized carbons (Fsp3) is 0.778. The Morgan fingerprint density at radius 1 is 1.43 bits per heavy atom. The summed E-state index contributed by atoms with van der Waals surface area (Å²) in [6.45, 7) is 4.57. The fourth-order valence-electron chi connectivity index (χ4n) is 0.859. The molecule has 0 saturated carbocycles. The summed E-state index contributed by atoms with van der Waals surface area (Å²) in [5, 5.41) is 2.68. The lowest BCUT2D eigenvalue weighted by Crippen LogP contribution is -2.37. The number of hydrogen-bond acceptors (Lipinski definition) is 3. The van der Waals surface area contributed by atoms with Crippen LogP contribution in [-0.2, 0) is 14.3 Å². The van der Waals surface area contributed by atoms with E-state index < -0.39 is 12.0 Å². The molecule has 0 fully saturated rings. The van der Waals surface area contributed by atoms with Crippen molar-refractivity contribution in [3.05, 3.63) is 0 Å². The topological polar surface area (TPSA) is 81.4 Å². The SMILES string of the molecule is CO[C@@H](CC(=O)NCC(C)C)C(N)=O. The van der Waals surface area contributed by atoms with Gasteiger partial charge in [0.1, 0.15) is 6.10 Å². The highest BCUT2D eigenvalue weighted by atomic mass is 16.5. The van der Waals surface area contributed by atoms with E-state index in [0.29, 0.717) is 12.5 Å². The van der Waals surface area contributed by atoms with E-state index in [1.807, 2.05) is 13.8 Å². The van der Waals surface area contributed by atoms with Crippen molar-refractivity contribution in [2.45, 2.75) is 26.4 Å². The lowest BCUT2D eigenvalue weighted by atomic mass is 10.2. The van der Waals surface area contributed by atoms with Crippen molar-refractivity contribution >= 4 is 11.8 Å². The monoisotopic (exact) mass is 202 g/mol. The maximum absolute atomic E-state index is 11.2. The van der Waals surface area contributed by atoms with E-state index in [1.165, 1.54) is 7.11 Å². The lowest BCUT2D eigenvalue weighted by Gasteiger charge is -2.12. The summed E-state index contributed by atoms with van der Waals surface area (Å²) in [5.41, 5.74) is 5.01. The van der Waals surface area contributed by atoms with Crippen molar-refractivity contribution in [2.24, 2.45) is 11.7 Å². The van der Waals surface area contributed by atoms with Crippen LogP contribution < -0.4 is 11.1 Å². The molecule has 5 heteroatoms. The molecular weight excluding hydrogens is 184 g/mol. The molecule has 0 rings (SSSR count). The molecule has 5 nitrogen and oxygen atoms in total. The number of carbonyl (C=O) groups is 2. The summed E-state index contributed by atoms with van der Waals surface area (Å²) < 4.78 is 4.75. The van der Waals surface area contributed by atoms with E-state index in [2.05, 4.69) is 5.32 Å². The summed E-state index contributed by atoms with van der Waals surface area (Å²) in [6, 6.07) is 0. The third-order valence-corrected chi connectivity index (χ3v) is 1.68. The zero-order valence-corrected chi connectivity index (χ0v) is 8.87. The van der Waals surface area contributed by atoms with Gasteiger partial charge < -0.3 is 15.8 Å². The number of ether oxygens (including phenoxy) is 1. The van der Waals surface area contributed by atoms with Gasteiger partial charge >= 0.3 is 0 Å². The number of nitrogens with one attached hydrogen (secondary N) is 1. The third kappa shape index (κ3) is 5.53. The van der Waals surface area contributed by atoms with Gasteiger partial charge in [0.25, 0.3) is 0 Å². The largest absolute Gasteiger partial charge is 0.371 e. The number of primary amides is 1. The first kappa shape index (κ1) is 12.9. The molecule has 0 aromatic heterocycles. The van der Waals surface area contributed by atoms with Crippen molar-refractivity contribution in [1.82, 2.24) is 5.32 Å². The van der Waals surface area contributed by atoms with Crippen molar-refractivity contribution < 1.29 is 14.3 Å². The van der Waals surface area contributed by atoms with Crippen LogP contribution in [0.15, 0.2) is 0 Å².